The van der Waals surface area contributed by atoms with E-state index in [1.807, 2.05) is 12.1 Å². The quantitative estimate of drug-likeness (QED) is 0.884. The maximum Gasteiger partial charge on any atom is 0.168 e. The van der Waals surface area contributed by atoms with Gasteiger partial charge in [-0.05, 0) is 24.1 Å². The number of nitrogens with zero attached hydrogens (tertiary/aromatic N) is 2. The molecule has 3 nitrogen and oxygen atoms in total. The van der Waals surface area contributed by atoms with Gasteiger partial charge in [0.1, 0.15) is 5.82 Å². The van der Waals surface area contributed by atoms with Crippen LogP contribution in [-0.2, 0) is 6.42 Å². The van der Waals surface area contributed by atoms with Crippen LogP contribution in [-0.4, -0.2) is 16.5 Å². The number of rotatable bonds is 4. The maximum atomic E-state index is 13.2. The molecular formula is C12H11F2N3. The Morgan fingerprint density at radius 1 is 1.18 bits per heavy atom. The molecule has 2 aromatic heterocycles. The lowest BCUT2D eigenvalue weighted by Gasteiger charge is -2.06. The predicted octanol–water partition coefficient (Wildman–Crippen LogP) is 2.41. The molecule has 5 heteroatoms. The molecule has 2 rings (SSSR count). The Kier molecular flexibility index (Phi) is 3.59. The zero-order chi connectivity index (χ0) is 12.1. The van der Waals surface area contributed by atoms with Crippen molar-refractivity contribution in [3.8, 4) is 0 Å². The molecule has 0 radical (unpaired) electrons. The van der Waals surface area contributed by atoms with Crippen LogP contribution in [0.5, 0.6) is 0 Å². The summed E-state index contributed by atoms with van der Waals surface area (Å²) in [4.78, 5) is 7.54. The van der Waals surface area contributed by atoms with Crippen molar-refractivity contribution in [1.82, 2.24) is 9.97 Å². The smallest absolute Gasteiger partial charge is 0.168 e. The second kappa shape index (κ2) is 5.34. The molecular weight excluding hydrogens is 224 g/mol. The first kappa shape index (κ1) is 11.4. The van der Waals surface area contributed by atoms with Crippen molar-refractivity contribution < 1.29 is 8.78 Å². The van der Waals surface area contributed by atoms with E-state index in [0.717, 1.165) is 24.2 Å². The first-order valence-corrected chi connectivity index (χ1v) is 5.19. The molecule has 0 spiro atoms. The molecule has 17 heavy (non-hydrogen) atoms. The van der Waals surface area contributed by atoms with Gasteiger partial charge in [-0.25, -0.2) is 13.8 Å². The minimum absolute atomic E-state index is 0.0699. The van der Waals surface area contributed by atoms with Crippen molar-refractivity contribution in [2.45, 2.75) is 6.42 Å². The van der Waals surface area contributed by atoms with E-state index >= 15 is 0 Å². The highest BCUT2D eigenvalue weighted by Crippen LogP contribution is 2.11. The van der Waals surface area contributed by atoms with E-state index in [0.29, 0.717) is 6.54 Å². The van der Waals surface area contributed by atoms with E-state index in [-0.39, 0.29) is 5.82 Å². The van der Waals surface area contributed by atoms with E-state index in [2.05, 4.69) is 15.3 Å². The van der Waals surface area contributed by atoms with Crippen LogP contribution in [0.15, 0.2) is 36.8 Å². The molecule has 0 aliphatic heterocycles. The first-order chi connectivity index (χ1) is 8.25. The lowest BCUT2D eigenvalue weighted by atomic mass is 10.2. The summed E-state index contributed by atoms with van der Waals surface area (Å²) < 4.78 is 25.8. The average molecular weight is 235 g/mol. The summed E-state index contributed by atoms with van der Waals surface area (Å²) in [6, 6.07) is 4.58. The zero-order valence-corrected chi connectivity index (χ0v) is 9.03. The molecule has 0 fully saturated rings. The second-order valence-corrected chi connectivity index (χ2v) is 3.52. The Bertz CT molecular complexity index is 488. The van der Waals surface area contributed by atoms with Crippen LogP contribution in [0.2, 0.25) is 0 Å². The van der Waals surface area contributed by atoms with Crippen molar-refractivity contribution in [2.24, 2.45) is 0 Å². The minimum atomic E-state index is -0.681. The van der Waals surface area contributed by atoms with Crippen LogP contribution in [0.3, 0.4) is 0 Å². The van der Waals surface area contributed by atoms with Gasteiger partial charge in [0.15, 0.2) is 11.6 Å². The molecule has 0 aliphatic carbocycles. The van der Waals surface area contributed by atoms with E-state index in [1.54, 1.807) is 12.4 Å². The summed E-state index contributed by atoms with van der Waals surface area (Å²) in [5.74, 6) is -1.29. The Balaban J connectivity index is 1.90. The molecule has 0 saturated heterocycles. The van der Waals surface area contributed by atoms with Crippen molar-refractivity contribution in [2.75, 3.05) is 11.9 Å². The monoisotopic (exact) mass is 235 g/mol. The number of pyridine rings is 2. The largest absolute Gasteiger partial charge is 0.367 e. The molecule has 0 aromatic carbocycles. The van der Waals surface area contributed by atoms with Crippen molar-refractivity contribution in [3.63, 3.8) is 0 Å². The fourth-order valence-electron chi connectivity index (χ4n) is 1.42. The van der Waals surface area contributed by atoms with Crippen LogP contribution in [0.25, 0.3) is 0 Å². The highest BCUT2D eigenvalue weighted by atomic mass is 19.1. The van der Waals surface area contributed by atoms with E-state index in [1.165, 1.54) is 0 Å². The van der Waals surface area contributed by atoms with Crippen LogP contribution in [0.4, 0.5) is 14.6 Å². The van der Waals surface area contributed by atoms with Gasteiger partial charge >= 0.3 is 0 Å². The summed E-state index contributed by atoms with van der Waals surface area (Å²) in [5.41, 5.74) is 1.09. The lowest BCUT2D eigenvalue weighted by molar-refractivity contribution is 0.575. The lowest BCUT2D eigenvalue weighted by Crippen LogP contribution is -2.08. The first-order valence-electron chi connectivity index (χ1n) is 5.19. The van der Waals surface area contributed by atoms with Gasteiger partial charge in [0.25, 0.3) is 0 Å². The van der Waals surface area contributed by atoms with Gasteiger partial charge in [-0.15, -0.1) is 0 Å². The Morgan fingerprint density at radius 3 is 2.65 bits per heavy atom. The zero-order valence-electron chi connectivity index (χ0n) is 9.03. The Labute approximate surface area is 97.5 Å². The van der Waals surface area contributed by atoms with Gasteiger partial charge < -0.3 is 5.32 Å². The molecule has 0 aliphatic rings. The highest BCUT2D eigenvalue weighted by Gasteiger charge is 2.04. The van der Waals surface area contributed by atoms with E-state index in [4.69, 9.17) is 0 Å². The molecule has 0 saturated carbocycles. The molecule has 0 unspecified atom stereocenters. The van der Waals surface area contributed by atoms with Crippen LogP contribution in [0, 0.1) is 11.6 Å². The third-order valence-electron chi connectivity index (χ3n) is 2.26. The minimum Gasteiger partial charge on any atom is -0.367 e. The third-order valence-corrected chi connectivity index (χ3v) is 2.26. The Morgan fingerprint density at radius 2 is 1.94 bits per heavy atom. The summed E-state index contributed by atoms with van der Waals surface area (Å²) in [7, 11) is 0. The van der Waals surface area contributed by atoms with Crippen molar-refractivity contribution in [1.29, 1.82) is 0 Å². The van der Waals surface area contributed by atoms with Gasteiger partial charge in [-0.1, -0.05) is 0 Å². The highest BCUT2D eigenvalue weighted by molar-refractivity contribution is 5.35. The average Bonchev–Trinajstić information content (AvgIpc) is 2.33. The molecule has 0 atom stereocenters. The predicted molar refractivity (Wildman–Crippen MR) is 60.6 cm³/mol. The maximum absolute atomic E-state index is 13.2. The number of hydrogen-bond donors (Lipinski definition) is 1. The van der Waals surface area contributed by atoms with Crippen LogP contribution >= 0.6 is 0 Å². The third kappa shape index (κ3) is 3.21. The molecule has 2 heterocycles. The summed E-state index contributed by atoms with van der Waals surface area (Å²) >= 11 is 0. The number of anilines is 1. The van der Waals surface area contributed by atoms with Crippen molar-refractivity contribution >= 4 is 5.82 Å². The topological polar surface area (TPSA) is 37.8 Å². The van der Waals surface area contributed by atoms with Crippen LogP contribution in [0.1, 0.15) is 5.56 Å². The van der Waals surface area contributed by atoms with Gasteiger partial charge in [0.2, 0.25) is 0 Å². The van der Waals surface area contributed by atoms with Crippen molar-refractivity contribution in [3.05, 3.63) is 54.0 Å². The summed E-state index contributed by atoms with van der Waals surface area (Å²) in [5, 5.41) is 2.82. The number of halogens is 2. The van der Waals surface area contributed by atoms with Crippen LogP contribution < -0.4 is 5.32 Å². The van der Waals surface area contributed by atoms with E-state index < -0.39 is 11.6 Å². The second-order valence-electron chi connectivity index (χ2n) is 3.52. The number of nitrogens with one attached hydrogen (secondary N) is 1. The SMILES string of the molecule is Fc1cnc(NCCc2ccncc2)c(F)c1. The van der Waals surface area contributed by atoms with E-state index in [9.17, 15) is 8.78 Å². The molecule has 0 bridgehead atoms. The molecule has 88 valence electrons. The number of aromatic nitrogens is 2. The van der Waals surface area contributed by atoms with Gasteiger partial charge in [-0.2, -0.15) is 0 Å². The standard InChI is InChI=1S/C12H11F2N3/c13-10-7-11(14)12(17-8-10)16-6-3-9-1-4-15-5-2-9/h1-2,4-5,7-8H,3,6H2,(H,16,17). The normalized spacial score (nSPS) is 10.2. The van der Waals surface area contributed by atoms with Gasteiger partial charge in [0, 0.05) is 25.0 Å². The molecule has 0 amide bonds. The summed E-state index contributed by atoms with van der Waals surface area (Å²) in [6.45, 7) is 0.527. The van der Waals surface area contributed by atoms with Gasteiger partial charge in [-0.3, -0.25) is 4.98 Å². The summed E-state index contributed by atoms with van der Waals surface area (Å²) in [6.07, 6.45) is 5.11. The fourth-order valence-corrected chi connectivity index (χ4v) is 1.42. The molecule has 1 N–H and O–H groups in total. The Hall–Kier alpha value is -2.04. The number of hydrogen-bond acceptors (Lipinski definition) is 3. The molecule has 2 aromatic rings. The fraction of sp³-hybridized carbons (Fsp3) is 0.167. The van der Waals surface area contributed by atoms with Gasteiger partial charge in [0.05, 0.1) is 6.20 Å².